The lowest BCUT2D eigenvalue weighted by molar-refractivity contribution is -0.120. The minimum absolute atomic E-state index is 0.0387. The van der Waals surface area contributed by atoms with Crippen LogP contribution in [0.15, 0.2) is 30.3 Å². The maximum Gasteiger partial charge on any atom is 0.345 e. The first-order valence-electron chi connectivity index (χ1n) is 7.31. The molecule has 0 radical (unpaired) electrons. The highest BCUT2D eigenvalue weighted by Crippen LogP contribution is 2.23. The number of rotatable bonds is 5. The van der Waals surface area contributed by atoms with Crippen LogP contribution in [0.25, 0.3) is 0 Å². The Morgan fingerprint density at radius 3 is 2.73 bits per heavy atom. The van der Waals surface area contributed by atoms with Gasteiger partial charge in [0.05, 0.1) is 13.0 Å². The molecule has 22 heavy (non-hydrogen) atoms. The van der Waals surface area contributed by atoms with Gasteiger partial charge in [-0.25, -0.2) is 4.79 Å². The smallest absolute Gasteiger partial charge is 0.345 e. The van der Waals surface area contributed by atoms with Crippen molar-refractivity contribution < 1.29 is 14.7 Å². The van der Waals surface area contributed by atoms with Crippen molar-refractivity contribution >= 4 is 23.2 Å². The predicted octanol–water partition coefficient (Wildman–Crippen LogP) is 2.79. The summed E-state index contributed by atoms with van der Waals surface area (Å²) in [7, 11) is 0. The van der Waals surface area contributed by atoms with E-state index in [0.29, 0.717) is 17.8 Å². The summed E-state index contributed by atoms with van der Waals surface area (Å²) in [6.45, 7) is 0.377. The lowest BCUT2D eigenvalue weighted by Crippen LogP contribution is -2.24. The molecule has 1 aliphatic rings. The van der Waals surface area contributed by atoms with E-state index in [2.05, 4.69) is 17.4 Å². The molecule has 1 aliphatic carbocycles. The largest absolute Gasteiger partial charge is 0.477 e. The Labute approximate surface area is 132 Å². The van der Waals surface area contributed by atoms with Crippen LogP contribution in [-0.4, -0.2) is 17.0 Å². The number of thiophene rings is 1. The minimum Gasteiger partial charge on any atom is -0.477 e. The van der Waals surface area contributed by atoms with Gasteiger partial charge in [-0.05, 0) is 48.1 Å². The van der Waals surface area contributed by atoms with Crippen molar-refractivity contribution in [2.24, 2.45) is 0 Å². The van der Waals surface area contributed by atoms with Crippen LogP contribution in [0.3, 0.4) is 0 Å². The number of carbonyl (C=O) groups excluding carboxylic acids is 1. The second-order valence-electron chi connectivity index (χ2n) is 5.48. The molecule has 4 nitrogen and oxygen atoms in total. The molecule has 1 amide bonds. The van der Waals surface area contributed by atoms with Gasteiger partial charge in [0.15, 0.2) is 0 Å². The number of carboxylic acid groups (broad SMARTS) is 1. The van der Waals surface area contributed by atoms with Crippen molar-refractivity contribution in [3.05, 3.63) is 56.8 Å². The van der Waals surface area contributed by atoms with Gasteiger partial charge in [0.2, 0.25) is 5.91 Å². The van der Waals surface area contributed by atoms with Gasteiger partial charge in [0.1, 0.15) is 4.88 Å². The molecule has 2 aromatic rings. The zero-order chi connectivity index (χ0) is 15.5. The van der Waals surface area contributed by atoms with Gasteiger partial charge in [0.25, 0.3) is 0 Å². The zero-order valence-corrected chi connectivity index (χ0v) is 12.9. The fraction of sp³-hybridized carbons (Fsp3) is 0.294. The van der Waals surface area contributed by atoms with Gasteiger partial charge in [-0.2, -0.15) is 0 Å². The van der Waals surface area contributed by atoms with Crippen LogP contribution in [0.1, 0.15) is 37.7 Å². The third-order valence-electron chi connectivity index (χ3n) is 3.86. The SMILES string of the molecule is O=C(Cc1ccc2c(c1)CCC2)NCc1ccc(C(=O)O)s1. The summed E-state index contributed by atoms with van der Waals surface area (Å²) >= 11 is 1.19. The van der Waals surface area contributed by atoms with E-state index in [0.717, 1.165) is 23.3 Å². The van der Waals surface area contributed by atoms with Crippen LogP contribution in [0.2, 0.25) is 0 Å². The van der Waals surface area contributed by atoms with E-state index in [9.17, 15) is 9.59 Å². The molecule has 5 heteroatoms. The van der Waals surface area contributed by atoms with Gasteiger partial charge in [-0.1, -0.05) is 18.2 Å². The van der Waals surface area contributed by atoms with Crippen molar-refractivity contribution in [1.29, 1.82) is 0 Å². The summed E-state index contributed by atoms with van der Waals surface area (Å²) in [6, 6.07) is 9.59. The van der Waals surface area contributed by atoms with Gasteiger partial charge < -0.3 is 10.4 Å². The number of carboxylic acids is 1. The normalized spacial score (nSPS) is 12.9. The fourth-order valence-corrected chi connectivity index (χ4v) is 3.54. The molecular weight excluding hydrogens is 298 g/mol. The summed E-state index contributed by atoms with van der Waals surface area (Å²) in [5.74, 6) is -0.969. The second kappa shape index (κ2) is 6.32. The van der Waals surface area contributed by atoms with Crippen molar-refractivity contribution in [3.63, 3.8) is 0 Å². The molecule has 114 valence electrons. The molecule has 1 aromatic heterocycles. The van der Waals surface area contributed by atoms with Gasteiger partial charge in [0, 0.05) is 4.88 Å². The summed E-state index contributed by atoms with van der Waals surface area (Å²) in [6.07, 6.45) is 3.82. The lowest BCUT2D eigenvalue weighted by atomic mass is 10.0. The monoisotopic (exact) mass is 315 g/mol. The average molecular weight is 315 g/mol. The van der Waals surface area contributed by atoms with Crippen molar-refractivity contribution in [2.45, 2.75) is 32.2 Å². The number of amides is 1. The van der Waals surface area contributed by atoms with E-state index in [1.54, 1.807) is 12.1 Å². The number of nitrogens with one attached hydrogen (secondary N) is 1. The molecule has 0 spiro atoms. The Bertz CT molecular complexity index is 720. The minimum atomic E-state index is -0.930. The average Bonchev–Trinajstić information content (AvgIpc) is 3.13. The molecule has 1 heterocycles. The van der Waals surface area contributed by atoms with Crippen LogP contribution in [0.4, 0.5) is 0 Å². The van der Waals surface area contributed by atoms with Crippen molar-refractivity contribution in [2.75, 3.05) is 0 Å². The molecular formula is C17H17NO3S. The van der Waals surface area contributed by atoms with E-state index in [1.165, 1.54) is 28.9 Å². The molecule has 0 atom stereocenters. The van der Waals surface area contributed by atoms with Crippen LogP contribution in [0.5, 0.6) is 0 Å². The van der Waals surface area contributed by atoms with E-state index < -0.39 is 5.97 Å². The molecule has 1 aromatic carbocycles. The Kier molecular flexibility index (Phi) is 4.24. The third-order valence-corrected chi connectivity index (χ3v) is 4.93. The molecule has 0 saturated heterocycles. The lowest BCUT2D eigenvalue weighted by Gasteiger charge is -2.06. The van der Waals surface area contributed by atoms with E-state index in [4.69, 9.17) is 5.11 Å². The first kappa shape index (κ1) is 14.8. The zero-order valence-electron chi connectivity index (χ0n) is 12.1. The Morgan fingerprint density at radius 1 is 1.14 bits per heavy atom. The van der Waals surface area contributed by atoms with E-state index in [1.807, 2.05) is 6.07 Å². The number of carbonyl (C=O) groups is 2. The van der Waals surface area contributed by atoms with Crippen LogP contribution < -0.4 is 5.32 Å². The van der Waals surface area contributed by atoms with Gasteiger partial charge in [-0.3, -0.25) is 4.79 Å². The number of hydrogen-bond acceptors (Lipinski definition) is 3. The molecule has 3 rings (SSSR count). The second-order valence-corrected chi connectivity index (χ2v) is 6.65. The van der Waals surface area contributed by atoms with Crippen molar-refractivity contribution in [1.82, 2.24) is 5.32 Å². The first-order valence-corrected chi connectivity index (χ1v) is 8.13. The number of benzene rings is 1. The topological polar surface area (TPSA) is 66.4 Å². The Hall–Kier alpha value is -2.14. The van der Waals surface area contributed by atoms with E-state index in [-0.39, 0.29) is 5.91 Å². The molecule has 0 bridgehead atoms. The Morgan fingerprint density at radius 2 is 1.95 bits per heavy atom. The van der Waals surface area contributed by atoms with Crippen molar-refractivity contribution in [3.8, 4) is 0 Å². The summed E-state index contributed by atoms with van der Waals surface area (Å²) < 4.78 is 0. The van der Waals surface area contributed by atoms with Gasteiger partial charge in [-0.15, -0.1) is 11.3 Å². The Balaban J connectivity index is 1.55. The first-order chi connectivity index (χ1) is 10.6. The van der Waals surface area contributed by atoms with Crippen LogP contribution in [-0.2, 0) is 30.6 Å². The van der Waals surface area contributed by atoms with Crippen LogP contribution in [0, 0.1) is 0 Å². The van der Waals surface area contributed by atoms with Gasteiger partial charge >= 0.3 is 5.97 Å². The van der Waals surface area contributed by atoms with Crippen LogP contribution >= 0.6 is 11.3 Å². The fourth-order valence-electron chi connectivity index (χ4n) is 2.76. The number of fused-ring (bicyclic) bond motifs is 1. The molecule has 0 saturated carbocycles. The highest BCUT2D eigenvalue weighted by atomic mass is 32.1. The molecule has 0 fully saturated rings. The molecule has 0 aliphatic heterocycles. The maximum absolute atomic E-state index is 12.0. The standard InChI is InChI=1S/C17H17NO3S/c19-16(18-10-14-6-7-15(22-14)17(20)21)9-11-4-5-12-2-1-3-13(12)8-11/h4-8H,1-3,9-10H2,(H,18,19)(H,20,21). The number of aryl methyl sites for hydroxylation is 2. The number of hydrogen-bond donors (Lipinski definition) is 2. The molecule has 0 unspecified atom stereocenters. The summed E-state index contributed by atoms with van der Waals surface area (Å²) in [5.41, 5.74) is 3.81. The highest BCUT2D eigenvalue weighted by molar-refractivity contribution is 7.13. The maximum atomic E-state index is 12.0. The summed E-state index contributed by atoms with van der Waals surface area (Å²) in [5, 5.41) is 11.7. The third kappa shape index (κ3) is 3.36. The quantitative estimate of drug-likeness (QED) is 0.891. The predicted molar refractivity (Wildman–Crippen MR) is 85.3 cm³/mol. The number of aromatic carboxylic acids is 1. The van der Waals surface area contributed by atoms with E-state index >= 15 is 0 Å². The highest BCUT2D eigenvalue weighted by Gasteiger charge is 2.12. The summed E-state index contributed by atoms with van der Waals surface area (Å²) in [4.78, 5) is 24.0. The molecule has 2 N–H and O–H groups in total.